The number of rotatable bonds is 11. The van der Waals surface area contributed by atoms with Gasteiger partial charge in [0.15, 0.2) is 0 Å². The summed E-state index contributed by atoms with van der Waals surface area (Å²) in [6, 6.07) is 60.6. The summed E-state index contributed by atoms with van der Waals surface area (Å²) in [6.45, 7) is 35.2. The molecule has 0 aliphatic carbocycles. The van der Waals surface area contributed by atoms with Crippen molar-refractivity contribution in [2.75, 3.05) is 16.5 Å². The van der Waals surface area contributed by atoms with Crippen LogP contribution in [0.4, 0.5) is 11.4 Å². The second-order valence-corrected chi connectivity index (χ2v) is 25.5. The SMILES string of the molecule is CC(C)c1cccc(C(C)C)c1C1=CN(c2cc(-c3ccccc3)cc(C(C)(C)C)c2)CN1c1cc(Oc2ccc3c4ccc(C(C)(C)C)cc4n(-c4cc(C(C)(C)C)ccn4)c3c2)cc(C(C)(C)c2ccccc2)c1. The van der Waals surface area contributed by atoms with Gasteiger partial charge in [-0.15, -0.1) is 0 Å². The molecule has 0 atom stereocenters. The fourth-order valence-electron chi connectivity index (χ4n) is 11.0. The number of nitrogens with zero attached hydrogens (tertiary/aromatic N) is 4. The van der Waals surface area contributed by atoms with Crippen molar-refractivity contribution in [2.45, 2.75) is 137 Å². The van der Waals surface area contributed by atoms with Crippen LogP contribution in [0.3, 0.4) is 0 Å². The molecule has 3 heterocycles. The minimum absolute atomic E-state index is 0.0309. The molecule has 1 aliphatic heterocycles. The maximum absolute atomic E-state index is 7.30. The third-order valence-corrected chi connectivity index (χ3v) is 15.8. The highest BCUT2D eigenvalue weighted by Gasteiger charge is 2.33. The lowest BCUT2D eigenvalue weighted by Gasteiger charge is -2.31. The van der Waals surface area contributed by atoms with Gasteiger partial charge in [0, 0.05) is 57.7 Å². The molecule has 0 radical (unpaired) electrons. The first-order chi connectivity index (χ1) is 35.9. The van der Waals surface area contributed by atoms with Crippen LogP contribution in [0.25, 0.3) is 44.4 Å². The zero-order chi connectivity index (χ0) is 54.1. The van der Waals surface area contributed by atoms with E-state index in [9.17, 15) is 0 Å². The Kier molecular flexibility index (Phi) is 13.5. The van der Waals surface area contributed by atoms with Gasteiger partial charge in [0.2, 0.25) is 0 Å². The number of hydrogen-bond acceptors (Lipinski definition) is 4. The number of pyridine rings is 1. The van der Waals surface area contributed by atoms with E-state index in [1.807, 2.05) is 6.20 Å². The number of aromatic nitrogens is 2. The molecule has 0 amide bonds. The molecule has 2 aromatic heterocycles. The molecule has 388 valence electrons. The predicted molar refractivity (Wildman–Crippen MR) is 324 cm³/mol. The van der Waals surface area contributed by atoms with E-state index >= 15 is 0 Å². The van der Waals surface area contributed by atoms with E-state index < -0.39 is 0 Å². The van der Waals surface area contributed by atoms with Gasteiger partial charge >= 0.3 is 0 Å². The topological polar surface area (TPSA) is 33.5 Å². The van der Waals surface area contributed by atoms with Crippen LogP contribution in [-0.4, -0.2) is 16.2 Å². The Morgan fingerprint density at radius 3 is 1.68 bits per heavy atom. The molecule has 5 heteroatoms. The highest BCUT2D eigenvalue weighted by Crippen LogP contribution is 2.46. The Hall–Kier alpha value is -7.37. The molecule has 0 fully saturated rings. The van der Waals surface area contributed by atoms with Gasteiger partial charge in [-0.25, -0.2) is 4.98 Å². The highest BCUT2D eigenvalue weighted by atomic mass is 16.5. The van der Waals surface area contributed by atoms with E-state index in [-0.39, 0.29) is 21.7 Å². The largest absolute Gasteiger partial charge is 0.457 e. The van der Waals surface area contributed by atoms with E-state index in [0.29, 0.717) is 18.5 Å². The van der Waals surface area contributed by atoms with Crippen molar-refractivity contribution in [1.82, 2.24) is 9.55 Å². The normalized spacial score (nSPS) is 13.7. The van der Waals surface area contributed by atoms with Crippen molar-refractivity contribution in [3.8, 4) is 28.4 Å². The van der Waals surface area contributed by atoms with Crippen LogP contribution in [0.5, 0.6) is 11.5 Å². The van der Waals surface area contributed by atoms with Crippen LogP contribution < -0.4 is 14.5 Å². The van der Waals surface area contributed by atoms with Gasteiger partial charge in [0.05, 0.1) is 23.4 Å². The average Bonchev–Trinajstić information content (AvgIpc) is 3.98. The predicted octanol–water partition coefficient (Wildman–Crippen LogP) is 19.4. The highest BCUT2D eigenvalue weighted by molar-refractivity contribution is 6.09. The molecular formula is C71H78N4O. The maximum Gasteiger partial charge on any atom is 0.137 e. The van der Waals surface area contributed by atoms with E-state index in [4.69, 9.17) is 9.72 Å². The Bertz CT molecular complexity index is 3600. The van der Waals surface area contributed by atoms with Crippen molar-refractivity contribution in [3.05, 3.63) is 221 Å². The molecule has 0 N–H and O–H groups in total. The number of fused-ring (bicyclic) bond motifs is 3. The van der Waals surface area contributed by atoms with Gasteiger partial charge in [0.25, 0.3) is 0 Å². The minimum Gasteiger partial charge on any atom is -0.457 e. The van der Waals surface area contributed by atoms with E-state index in [1.54, 1.807) is 0 Å². The lowest BCUT2D eigenvalue weighted by Crippen LogP contribution is -2.28. The second kappa shape index (κ2) is 19.6. The van der Waals surface area contributed by atoms with Gasteiger partial charge < -0.3 is 14.5 Å². The van der Waals surface area contributed by atoms with Crippen LogP contribution >= 0.6 is 0 Å². The molecule has 10 rings (SSSR count). The summed E-state index contributed by atoms with van der Waals surface area (Å²) in [7, 11) is 0. The first kappa shape index (κ1) is 52.1. The molecule has 0 saturated heterocycles. The smallest absolute Gasteiger partial charge is 0.137 e. The van der Waals surface area contributed by atoms with Crippen LogP contribution in [0.1, 0.15) is 160 Å². The molecule has 76 heavy (non-hydrogen) atoms. The summed E-state index contributed by atoms with van der Waals surface area (Å²) < 4.78 is 9.64. The van der Waals surface area contributed by atoms with E-state index in [0.717, 1.165) is 45.1 Å². The van der Waals surface area contributed by atoms with Gasteiger partial charge in [0.1, 0.15) is 17.3 Å². The zero-order valence-electron chi connectivity index (χ0n) is 47.8. The summed E-state index contributed by atoms with van der Waals surface area (Å²) in [4.78, 5) is 10.1. The fraction of sp³-hybridized carbons (Fsp3) is 0.310. The first-order valence-corrected chi connectivity index (χ1v) is 27.5. The third kappa shape index (κ3) is 10.1. The number of hydrogen-bond donors (Lipinski definition) is 0. The molecule has 0 saturated carbocycles. The Labute approximate surface area is 453 Å². The van der Waals surface area contributed by atoms with Crippen LogP contribution in [0, 0.1) is 0 Å². The van der Waals surface area contributed by atoms with Crippen molar-refractivity contribution >= 4 is 38.9 Å². The summed E-state index contributed by atoms with van der Waals surface area (Å²) in [5.74, 6) is 3.05. The summed E-state index contributed by atoms with van der Waals surface area (Å²) in [5.41, 5.74) is 17.7. The number of anilines is 2. The van der Waals surface area contributed by atoms with Crippen LogP contribution in [0.15, 0.2) is 176 Å². The Morgan fingerprint density at radius 1 is 0.461 bits per heavy atom. The Balaban J connectivity index is 1.18. The average molecular weight is 1000 g/mol. The minimum atomic E-state index is -0.367. The van der Waals surface area contributed by atoms with Gasteiger partial charge in [-0.05, 0) is 133 Å². The van der Waals surface area contributed by atoms with Gasteiger partial charge in [-0.2, -0.15) is 0 Å². The molecule has 0 bridgehead atoms. The molecule has 1 aliphatic rings. The number of benzene rings is 7. The summed E-state index contributed by atoms with van der Waals surface area (Å²) >= 11 is 0. The van der Waals surface area contributed by atoms with E-state index in [1.165, 1.54) is 66.7 Å². The molecule has 7 aromatic carbocycles. The summed E-state index contributed by atoms with van der Waals surface area (Å²) in [5, 5.41) is 2.35. The molecular weight excluding hydrogens is 925 g/mol. The Morgan fingerprint density at radius 2 is 1.05 bits per heavy atom. The quantitative estimate of drug-likeness (QED) is 0.129. The molecule has 5 nitrogen and oxygen atoms in total. The van der Waals surface area contributed by atoms with Crippen LogP contribution in [-0.2, 0) is 21.7 Å². The second-order valence-electron chi connectivity index (χ2n) is 25.5. The summed E-state index contributed by atoms with van der Waals surface area (Å²) in [6.07, 6.45) is 4.37. The zero-order valence-corrected chi connectivity index (χ0v) is 47.8. The first-order valence-electron chi connectivity index (χ1n) is 27.5. The van der Waals surface area contributed by atoms with Crippen molar-refractivity contribution in [1.29, 1.82) is 0 Å². The lowest BCUT2D eigenvalue weighted by molar-refractivity contribution is 0.480. The monoisotopic (exact) mass is 1000 g/mol. The van der Waals surface area contributed by atoms with E-state index in [2.05, 4.69) is 288 Å². The lowest BCUT2D eigenvalue weighted by atomic mass is 9.78. The van der Waals surface area contributed by atoms with Gasteiger partial charge in [-0.1, -0.05) is 201 Å². The van der Waals surface area contributed by atoms with Crippen molar-refractivity contribution in [3.63, 3.8) is 0 Å². The van der Waals surface area contributed by atoms with Crippen LogP contribution in [0.2, 0.25) is 0 Å². The van der Waals surface area contributed by atoms with Gasteiger partial charge in [-0.3, -0.25) is 4.57 Å². The molecule has 0 unspecified atom stereocenters. The third-order valence-electron chi connectivity index (χ3n) is 15.8. The molecule has 9 aromatic rings. The van der Waals surface area contributed by atoms with Crippen molar-refractivity contribution in [2.24, 2.45) is 0 Å². The fourth-order valence-corrected chi connectivity index (χ4v) is 11.0. The number of ether oxygens (including phenoxy) is 1. The van der Waals surface area contributed by atoms with Crippen molar-refractivity contribution < 1.29 is 4.74 Å². The standard InChI is InChI=1S/C71H78N4O/c1-46(2)59-27-22-28-60(47(3)4)67(59)65-44-73(55-36-49(48-23-18-16-19-24-48)35-53(37-55)70(11,12)13)45-74(65)56-38-54(71(14,15)50-25-20-17-21-26-50)39-58(42-56)76-57-30-32-62-61-31-29-51(68(5,6)7)40-63(61)75(64(62)43-57)66-41-52(33-34-72-66)69(8,9)10/h16-44,46-47H,45H2,1-15H3. The molecule has 0 spiro atoms. The maximum atomic E-state index is 7.30.